The first kappa shape index (κ1) is 16.0. The first-order valence-electron chi connectivity index (χ1n) is 7.40. The summed E-state index contributed by atoms with van der Waals surface area (Å²) in [4.78, 5) is 22.5. The van der Waals surface area contributed by atoms with Gasteiger partial charge in [0.2, 0.25) is 5.91 Å². The number of aromatic nitrogens is 2. The normalized spacial score (nSPS) is 10.8. The Morgan fingerprint density at radius 2 is 2.04 bits per heavy atom. The number of amides is 1. The van der Waals surface area contributed by atoms with Crippen LogP contribution in [0.5, 0.6) is 0 Å². The third kappa shape index (κ3) is 4.30. The quantitative estimate of drug-likeness (QED) is 0.528. The lowest BCUT2D eigenvalue weighted by Gasteiger charge is -2.05. The fourth-order valence-electron chi connectivity index (χ4n) is 2.14. The Balaban J connectivity index is 1.46. The molecule has 0 radical (unpaired) electrons. The molecular formula is C17H17N3OS2. The summed E-state index contributed by atoms with van der Waals surface area (Å²) in [5.74, 6) is 1.53. The molecule has 3 aromatic rings. The molecule has 118 valence electrons. The maximum absolute atomic E-state index is 12.1. The molecule has 1 aromatic carbocycles. The van der Waals surface area contributed by atoms with Gasteiger partial charge in [-0.1, -0.05) is 17.7 Å². The van der Waals surface area contributed by atoms with Crippen LogP contribution in [0.1, 0.15) is 18.4 Å². The maximum Gasteiger partial charge on any atom is 0.225 e. The average Bonchev–Trinajstić information content (AvgIpc) is 3.03. The summed E-state index contributed by atoms with van der Waals surface area (Å²) >= 11 is 3.32. The first-order chi connectivity index (χ1) is 11.2. The molecule has 3 rings (SSSR count). The SMILES string of the molecule is Cc1ccc(SCCCC(=O)Nc2ncnc3sccc23)cc1. The first-order valence-corrected chi connectivity index (χ1v) is 9.26. The van der Waals surface area contributed by atoms with Crippen molar-refractivity contribution < 1.29 is 4.79 Å². The summed E-state index contributed by atoms with van der Waals surface area (Å²) in [6.45, 7) is 2.08. The molecule has 0 bridgehead atoms. The Bertz CT molecular complexity index is 799. The minimum Gasteiger partial charge on any atom is -0.310 e. The highest BCUT2D eigenvalue weighted by atomic mass is 32.2. The minimum absolute atomic E-state index is 0.000654. The van der Waals surface area contributed by atoms with E-state index in [-0.39, 0.29) is 5.91 Å². The molecule has 1 amide bonds. The second kappa shape index (κ2) is 7.57. The molecule has 2 aromatic heterocycles. The lowest BCUT2D eigenvalue weighted by Crippen LogP contribution is -2.12. The molecule has 0 aliphatic heterocycles. The van der Waals surface area contributed by atoms with Gasteiger partial charge in [-0.3, -0.25) is 4.79 Å². The third-order valence-corrected chi connectivity index (χ3v) is 5.28. The molecule has 0 unspecified atom stereocenters. The number of carbonyl (C=O) groups is 1. The van der Waals surface area contributed by atoms with E-state index in [4.69, 9.17) is 0 Å². The highest BCUT2D eigenvalue weighted by molar-refractivity contribution is 7.99. The van der Waals surface area contributed by atoms with Gasteiger partial charge in [-0.05, 0) is 42.7 Å². The topological polar surface area (TPSA) is 54.9 Å². The maximum atomic E-state index is 12.1. The van der Waals surface area contributed by atoms with Crippen molar-refractivity contribution in [1.82, 2.24) is 9.97 Å². The van der Waals surface area contributed by atoms with E-state index in [1.54, 1.807) is 23.1 Å². The van der Waals surface area contributed by atoms with E-state index < -0.39 is 0 Å². The third-order valence-electron chi connectivity index (χ3n) is 3.36. The molecule has 2 heterocycles. The molecule has 0 saturated heterocycles. The molecular weight excluding hydrogens is 326 g/mol. The number of nitrogens with one attached hydrogen (secondary N) is 1. The molecule has 0 spiro atoms. The van der Waals surface area contributed by atoms with Gasteiger partial charge in [0.05, 0.1) is 5.39 Å². The Morgan fingerprint density at radius 3 is 2.87 bits per heavy atom. The zero-order valence-electron chi connectivity index (χ0n) is 12.8. The molecule has 0 aliphatic rings. The Kier molecular flexibility index (Phi) is 5.25. The zero-order valence-corrected chi connectivity index (χ0v) is 14.4. The molecule has 0 fully saturated rings. The molecule has 6 heteroatoms. The van der Waals surface area contributed by atoms with Gasteiger partial charge in [0, 0.05) is 11.3 Å². The lowest BCUT2D eigenvalue weighted by atomic mass is 10.2. The van der Waals surface area contributed by atoms with Crippen molar-refractivity contribution in [3.8, 4) is 0 Å². The molecule has 4 nitrogen and oxygen atoms in total. The summed E-state index contributed by atoms with van der Waals surface area (Å²) in [6.07, 6.45) is 2.82. The lowest BCUT2D eigenvalue weighted by molar-refractivity contribution is -0.116. The van der Waals surface area contributed by atoms with E-state index in [0.717, 1.165) is 22.4 Å². The van der Waals surface area contributed by atoms with Gasteiger partial charge in [-0.25, -0.2) is 9.97 Å². The van der Waals surface area contributed by atoms with Crippen LogP contribution < -0.4 is 5.32 Å². The number of aryl methyl sites for hydroxylation is 1. The van der Waals surface area contributed by atoms with Crippen LogP contribution in [0.25, 0.3) is 10.2 Å². The summed E-state index contributed by atoms with van der Waals surface area (Å²) in [5.41, 5.74) is 1.26. The van der Waals surface area contributed by atoms with E-state index in [1.807, 2.05) is 11.4 Å². The van der Waals surface area contributed by atoms with Gasteiger partial charge >= 0.3 is 0 Å². The number of fused-ring (bicyclic) bond motifs is 1. The fourth-order valence-corrected chi connectivity index (χ4v) is 3.73. The fraction of sp³-hybridized carbons (Fsp3) is 0.235. The Labute approximate surface area is 143 Å². The second-order valence-electron chi connectivity index (χ2n) is 5.17. The van der Waals surface area contributed by atoms with Gasteiger partial charge in [0.25, 0.3) is 0 Å². The number of thioether (sulfide) groups is 1. The summed E-state index contributed by atoms with van der Waals surface area (Å²) in [5, 5.41) is 5.74. The van der Waals surface area contributed by atoms with Crippen molar-refractivity contribution in [3.05, 3.63) is 47.6 Å². The highest BCUT2D eigenvalue weighted by Crippen LogP contribution is 2.24. The number of benzene rings is 1. The predicted molar refractivity (Wildman–Crippen MR) is 97.2 cm³/mol. The van der Waals surface area contributed by atoms with Crippen molar-refractivity contribution in [2.24, 2.45) is 0 Å². The van der Waals surface area contributed by atoms with Crippen molar-refractivity contribution in [3.63, 3.8) is 0 Å². The van der Waals surface area contributed by atoms with Crippen LogP contribution in [0.2, 0.25) is 0 Å². The number of thiophene rings is 1. The average molecular weight is 343 g/mol. The standard InChI is InChI=1S/C17H17N3OS2/c1-12-4-6-13(7-5-12)22-9-2-3-15(21)20-16-14-8-10-23-17(14)19-11-18-16/h4-8,10-11H,2-3,9H2,1H3,(H,18,19,20,21). The van der Waals surface area contributed by atoms with Crippen LogP contribution >= 0.6 is 23.1 Å². The molecule has 0 saturated carbocycles. The van der Waals surface area contributed by atoms with Crippen molar-refractivity contribution in [2.45, 2.75) is 24.7 Å². The van der Waals surface area contributed by atoms with Crippen LogP contribution in [-0.4, -0.2) is 21.6 Å². The number of anilines is 1. The number of hydrogen-bond donors (Lipinski definition) is 1. The van der Waals surface area contributed by atoms with E-state index in [2.05, 4.69) is 46.5 Å². The molecule has 0 aliphatic carbocycles. The second-order valence-corrected chi connectivity index (χ2v) is 7.24. The van der Waals surface area contributed by atoms with Crippen molar-refractivity contribution in [1.29, 1.82) is 0 Å². The smallest absolute Gasteiger partial charge is 0.225 e. The highest BCUT2D eigenvalue weighted by Gasteiger charge is 2.08. The van der Waals surface area contributed by atoms with Gasteiger partial charge in [-0.15, -0.1) is 23.1 Å². The molecule has 0 atom stereocenters. The van der Waals surface area contributed by atoms with Gasteiger partial charge < -0.3 is 5.32 Å². The predicted octanol–water partition coefficient (Wildman–Crippen LogP) is 4.51. The number of rotatable bonds is 6. The Hall–Kier alpha value is -1.92. The van der Waals surface area contributed by atoms with Crippen molar-refractivity contribution in [2.75, 3.05) is 11.1 Å². The summed E-state index contributed by atoms with van der Waals surface area (Å²) in [7, 11) is 0. The van der Waals surface area contributed by atoms with Crippen LogP contribution in [-0.2, 0) is 4.79 Å². The number of hydrogen-bond acceptors (Lipinski definition) is 5. The van der Waals surface area contributed by atoms with Gasteiger partial charge in [0.1, 0.15) is 17.0 Å². The Morgan fingerprint density at radius 1 is 1.22 bits per heavy atom. The largest absolute Gasteiger partial charge is 0.310 e. The van der Waals surface area contributed by atoms with Crippen LogP contribution in [0.4, 0.5) is 5.82 Å². The van der Waals surface area contributed by atoms with Crippen molar-refractivity contribution >= 4 is 45.0 Å². The van der Waals surface area contributed by atoms with E-state index >= 15 is 0 Å². The van der Waals surface area contributed by atoms with Crippen LogP contribution in [0.15, 0.2) is 46.9 Å². The van der Waals surface area contributed by atoms with Crippen LogP contribution in [0, 0.1) is 6.92 Å². The van der Waals surface area contributed by atoms with E-state index in [0.29, 0.717) is 12.2 Å². The zero-order chi connectivity index (χ0) is 16.1. The molecule has 1 N–H and O–H groups in total. The minimum atomic E-state index is 0.000654. The number of nitrogens with zero attached hydrogens (tertiary/aromatic N) is 2. The summed E-state index contributed by atoms with van der Waals surface area (Å²) < 4.78 is 0. The number of carbonyl (C=O) groups excluding carboxylic acids is 1. The molecule has 23 heavy (non-hydrogen) atoms. The van der Waals surface area contributed by atoms with E-state index in [9.17, 15) is 4.79 Å². The van der Waals surface area contributed by atoms with E-state index in [1.165, 1.54) is 16.8 Å². The monoisotopic (exact) mass is 343 g/mol. The van der Waals surface area contributed by atoms with Gasteiger partial charge in [0.15, 0.2) is 0 Å². The summed E-state index contributed by atoms with van der Waals surface area (Å²) in [6, 6.07) is 10.4. The van der Waals surface area contributed by atoms with Crippen LogP contribution in [0.3, 0.4) is 0 Å². The van der Waals surface area contributed by atoms with Gasteiger partial charge in [-0.2, -0.15) is 0 Å².